The molecule has 0 radical (unpaired) electrons. The molecule has 1 unspecified atom stereocenters. The summed E-state index contributed by atoms with van der Waals surface area (Å²) in [5.41, 5.74) is 1.37. The third-order valence-electron chi connectivity index (χ3n) is 3.19. The van der Waals surface area contributed by atoms with Crippen molar-refractivity contribution in [3.63, 3.8) is 0 Å². The van der Waals surface area contributed by atoms with E-state index in [1.54, 1.807) is 11.3 Å². The van der Waals surface area contributed by atoms with Crippen LogP contribution < -0.4 is 5.32 Å². The van der Waals surface area contributed by atoms with Crippen molar-refractivity contribution in [2.24, 2.45) is 5.41 Å². The molecule has 0 spiro atoms. The van der Waals surface area contributed by atoms with Crippen molar-refractivity contribution >= 4 is 11.3 Å². The number of aliphatic hydroxyl groups excluding tert-OH is 1. The number of aromatic nitrogens is 1. The van der Waals surface area contributed by atoms with Gasteiger partial charge in [0.25, 0.3) is 0 Å². The van der Waals surface area contributed by atoms with Gasteiger partial charge < -0.3 is 10.4 Å². The molecule has 0 fully saturated rings. The zero-order valence-corrected chi connectivity index (χ0v) is 13.9. The van der Waals surface area contributed by atoms with Crippen LogP contribution in [0.2, 0.25) is 0 Å². The Morgan fingerprint density at radius 2 is 1.89 bits per heavy atom. The first-order valence-corrected chi connectivity index (χ1v) is 7.81. The molecule has 0 saturated carbocycles. The summed E-state index contributed by atoms with van der Waals surface area (Å²) in [5, 5.41) is 16.0. The fourth-order valence-corrected chi connectivity index (χ4v) is 2.84. The minimum Gasteiger partial charge on any atom is -0.396 e. The van der Waals surface area contributed by atoms with Crippen molar-refractivity contribution in [1.29, 1.82) is 0 Å². The Morgan fingerprint density at radius 3 is 2.32 bits per heavy atom. The zero-order chi connectivity index (χ0) is 14.7. The second kappa shape index (κ2) is 6.33. The SMILES string of the molecule is CC(C)(C)c1nc(CNC(CCO)C(C)(C)C)cs1. The highest BCUT2D eigenvalue weighted by Crippen LogP contribution is 2.26. The average molecular weight is 284 g/mol. The van der Waals surface area contributed by atoms with E-state index in [0.717, 1.165) is 18.7 Å². The van der Waals surface area contributed by atoms with Crippen LogP contribution in [0.4, 0.5) is 0 Å². The van der Waals surface area contributed by atoms with Gasteiger partial charge in [-0.25, -0.2) is 4.98 Å². The third-order valence-corrected chi connectivity index (χ3v) is 4.50. The Kier molecular flexibility index (Phi) is 5.53. The molecule has 0 aliphatic rings. The molecule has 0 aliphatic heterocycles. The number of hydrogen-bond acceptors (Lipinski definition) is 4. The van der Waals surface area contributed by atoms with E-state index in [0.29, 0.717) is 6.04 Å². The largest absolute Gasteiger partial charge is 0.396 e. The molecule has 110 valence electrons. The van der Waals surface area contributed by atoms with Gasteiger partial charge in [-0.1, -0.05) is 41.5 Å². The predicted octanol–water partition coefficient (Wildman–Crippen LogP) is 3.33. The van der Waals surface area contributed by atoms with Gasteiger partial charge in [-0.15, -0.1) is 11.3 Å². The summed E-state index contributed by atoms with van der Waals surface area (Å²) in [5.74, 6) is 0. The van der Waals surface area contributed by atoms with Crippen molar-refractivity contribution in [2.45, 2.75) is 66.0 Å². The molecule has 0 amide bonds. The summed E-state index contributed by atoms with van der Waals surface area (Å²) in [6.07, 6.45) is 0.778. The molecular weight excluding hydrogens is 256 g/mol. The highest BCUT2D eigenvalue weighted by atomic mass is 32.1. The Balaban J connectivity index is 2.62. The highest BCUT2D eigenvalue weighted by molar-refractivity contribution is 7.09. The van der Waals surface area contributed by atoms with E-state index >= 15 is 0 Å². The maximum absolute atomic E-state index is 9.15. The first-order chi connectivity index (χ1) is 8.64. The number of rotatable bonds is 5. The van der Waals surface area contributed by atoms with E-state index in [4.69, 9.17) is 5.11 Å². The molecule has 2 N–H and O–H groups in total. The molecule has 4 heteroatoms. The fourth-order valence-electron chi connectivity index (χ4n) is 1.93. The molecule has 0 aromatic carbocycles. The van der Waals surface area contributed by atoms with Gasteiger partial charge in [-0.05, 0) is 11.8 Å². The van der Waals surface area contributed by atoms with Crippen LogP contribution in [0.1, 0.15) is 58.7 Å². The van der Waals surface area contributed by atoms with Crippen molar-refractivity contribution in [3.8, 4) is 0 Å². The van der Waals surface area contributed by atoms with E-state index < -0.39 is 0 Å². The van der Waals surface area contributed by atoms with Crippen LogP contribution in [0, 0.1) is 5.41 Å². The van der Waals surface area contributed by atoms with Crippen molar-refractivity contribution in [3.05, 3.63) is 16.1 Å². The minimum atomic E-state index is 0.122. The molecule has 3 nitrogen and oxygen atoms in total. The molecule has 1 heterocycles. The van der Waals surface area contributed by atoms with Gasteiger partial charge in [0, 0.05) is 30.0 Å². The predicted molar refractivity (Wildman–Crippen MR) is 82.6 cm³/mol. The number of aliphatic hydroxyl groups is 1. The van der Waals surface area contributed by atoms with Gasteiger partial charge in [-0.2, -0.15) is 0 Å². The smallest absolute Gasteiger partial charge is 0.0982 e. The van der Waals surface area contributed by atoms with Crippen LogP contribution in [0.25, 0.3) is 0 Å². The number of thiazole rings is 1. The van der Waals surface area contributed by atoms with Gasteiger partial charge >= 0.3 is 0 Å². The molecule has 0 aliphatic carbocycles. The number of nitrogens with zero attached hydrogens (tertiary/aromatic N) is 1. The fraction of sp³-hybridized carbons (Fsp3) is 0.800. The lowest BCUT2D eigenvalue weighted by molar-refractivity contribution is 0.196. The summed E-state index contributed by atoms with van der Waals surface area (Å²) in [7, 11) is 0. The number of nitrogens with one attached hydrogen (secondary N) is 1. The zero-order valence-electron chi connectivity index (χ0n) is 13.1. The molecular formula is C15H28N2OS. The Morgan fingerprint density at radius 1 is 1.26 bits per heavy atom. The normalized spacial score (nSPS) is 14.7. The molecule has 0 bridgehead atoms. The molecule has 1 rings (SSSR count). The van der Waals surface area contributed by atoms with Gasteiger partial charge in [0.1, 0.15) is 0 Å². The van der Waals surface area contributed by atoms with Crippen LogP contribution in [0.15, 0.2) is 5.38 Å². The summed E-state index contributed by atoms with van der Waals surface area (Å²) < 4.78 is 0. The second-order valence-electron chi connectivity index (χ2n) is 7.21. The lowest BCUT2D eigenvalue weighted by atomic mass is 9.85. The summed E-state index contributed by atoms with van der Waals surface area (Å²) in [6.45, 7) is 14.1. The molecule has 1 atom stereocenters. The van der Waals surface area contributed by atoms with Crippen LogP contribution in [-0.4, -0.2) is 22.7 Å². The van der Waals surface area contributed by atoms with E-state index in [1.807, 2.05) is 0 Å². The van der Waals surface area contributed by atoms with Gasteiger partial charge in [0.2, 0.25) is 0 Å². The first kappa shape index (κ1) is 16.6. The quantitative estimate of drug-likeness (QED) is 0.872. The summed E-state index contributed by atoms with van der Waals surface area (Å²) in [4.78, 5) is 4.69. The standard InChI is InChI=1S/C15H28N2OS/c1-14(2,3)12(7-8-18)16-9-11-10-19-13(17-11)15(4,5)6/h10,12,16,18H,7-9H2,1-6H3. The highest BCUT2D eigenvalue weighted by Gasteiger charge is 2.24. The van der Waals surface area contributed by atoms with E-state index in [9.17, 15) is 0 Å². The van der Waals surface area contributed by atoms with Crippen molar-refractivity contribution < 1.29 is 5.11 Å². The lowest BCUT2D eigenvalue weighted by Crippen LogP contribution is -2.40. The van der Waals surface area contributed by atoms with E-state index in [1.165, 1.54) is 5.01 Å². The maximum Gasteiger partial charge on any atom is 0.0982 e. The van der Waals surface area contributed by atoms with Crippen LogP contribution >= 0.6 is 11.3 Å². The summed E-state index contributed by atoms with van der Waals surface area (Å²) >= 11 is 1.73. The van der Waals surface area contributed by atoms with Gasteiger partial charge in [-0.3, -0.25) is 0 Å². The Labute approximate surface area is 121 Å². The molecule has 0 saturated heterocycles. The Bertz CT molecular complexity index is 388. The monoisotopic (exact) mass is 284 g/mol. The Hall–Kier alpha value is -0.450. The van der Waals surface area contributed by atoms with E-state index in [2.05, 4.69) is 57.2 Å². The summed E-state index contributed by atoms with van der Waals surface area (Å²) in [6, 6.07) is 0.303. The molecule has 1 aromatic heterocycles. The van der Waals surface area contributed by atoms with Crippen LogP contribution in [0.5, 0.6) is 0 Å². The van der Waals surface area contributed by atoms with Crippen molar-refractivity contribution in [2.75, 3.05) is 6.61 Å². The number of hydrogen-bond donors (Lipinski definition) is 2. The van der Waals surface area contributed by atoms with Crippen molar-refractivity contribution in [1.82, 2.24) is 10.3 Å². The third kappa shape index (κ3) is 5.21. The average Bonchev–Trinajstić information content (AvgIpc) is 2.70. The second-order valence-corrected chi connectivity index (χ2v) is 8.06. The van der Waals surface area contributed by atoms with Gasteiger partial charge in [0.05, 0.1) is 10.7 Å². The first-order valence-electron chi connectivity index (χ1n) is 6.93. The topological polar surface area (TPSA) is 45.2 Å². The molecule has 1 aromatic rings. The van der Waals surface area contributed by atoms with Gasteiger partial charge in [0.15, 0.2) is 0 Å². The minimum absolute atomic E-state index is 0.122. The lowest BCUT2D eigenvalue weighted by Gasteiger charge is -2.31. The molecule has 19 heavy (non-hydrogen) atoms. The van der Waals surface area contributed by atoms with Crippen LogP contribution in [0.3, 0.4) is 0 Å². The maximum atomic E-state index is 9.15. The van der Waals surface area contributed by atoms with Crippen LogP contribution in [-0.2, 0) is 12.0 Å². The van der Waals surface area contributed by atoms with E-state index in [-0.39, 0.29) is 17.4 Å².